The van der Waals surface area contributed by atoms with Gasteiger partial charge in [0.25, 0.3) is 0 Å². The number of nitrogens with one attached hydrogen (secondary N) is 1. The van der Waals surface area contributed by atoms with Gasteiger partial charge in [-0.1, -0.05) is 53.2 Å². The second kappa shape index (κ2) is 8.98. The topological polar surface area (TPSA) is 94.0 Å². The van der Waals surface area contributed by atoms with Gasteiger partial charge < -0.3 is 9.88 Å². The van der Waals surface area contributed by atoms with Gasteiger partial charge >= 0.3 is 0 Å². The molecule has 0 bridgehead atoms. The highest BCUT2D eigenvalue weighted by molar-refractivity contribution is 7.99. The van der Waals surface area contributed by atoms with E-state index < -0.39 is 9.84 Å². The summed E-state index contributed by atoms with van der Waals surface area (Å²) in [6.45, 7) is 1.89. The fraction of sp³-hybridized carbons (Fsp3) is 0.211. The SMILES string of the molecule is Cc1ccc(S(=O)(=O)Cc2nnc(SCC(=O)Nc3ccccc3Cl)n2C)cc1. The summed E-state index contributed by atoms with van der Waals surface area (Å²) in [6.07, 6.45) is 0. The van der Waals surface area contributed by atoms with Gasteiger partial charge in [0.15, 0.2) is 15.0 Å². The Morgan fingerprint density at radius 2 is 1.83 bits per heavy atom. The first-order valence-electron chi connectivity index (χ1n) is 8.61. The maximum atomic E-state index is 12.6. The predicted molar refractivity (Wildman–Crippen MR) is 114 cm³/mol. The number of carbonyl (C=O) groups excluding carboxylic acids is 1. The quantitative estimate of drug-likeness (QED) is 0.554. The molecule has 1 aromatic heterocycles. The predicted octanol–water partition coefficient (Wildman–Crippen LogP) is 3.48. The maximum Gasteiger partial charge on any atom is 0.234 e. The number of para-hydroxylation sites is 1. The minimum Gasteiger partial charge on any atom is -0.324 e. The number of aryl methyl sites for hydroxylation is 1. The van der Waals surface area contributed by atoms with E-state index in [1.165, 1.54) is 0 Å². The number of hydrogen-bond donors (Lipinski definition) is 1. The summed E-state index contributed by atoms with van der Waals surface area (Å²) in [7, 11) is -1.87. The van der Waals surface area contributed by atoms with E-state index in [1.54, 1.807) is 60.1 Å². The van der Waals surface area contributed by atoms with Crippen molar-refractivity contribution in [2.75, 3.05) is 11.1 Å². The van der Waals surface area contributed by atoms with Crippen molar-refractivity contribution in [3.05, 3.63) is 64.9 Å². The van der Waals surface area contributed by atoms with Crippen LogP contribution in [-0.4, -0.2) is 34.8 Å². The van der Waals surface area contributed by atoms with Crippen molar-refractivity contribution in [3.8, 4) is 0 Å². The van der Waals surface area contributed by atoms with Crippen LogP contribution in [0.5, 0.6) is 0 Å². The second-order valence-electron chi connectivity index (χ2n) is 6.35. The van der Waals surface area contributed by atoms with Gasteiger partial charge in [-0.2, -0.15) is 0 Å². The summed E-state index contributed by atoms with van der Waals surface area (Å²) in [4.78, 5) is 12.4. The summed E-state index contributed by atoms with van der Waals surface area (Å²) >= 11 is 7.19. The van der Waals surface area contributed by atoms with E-state index in [2.05, 4.69) is 15.5 Å². The number of aromatic nitrogens is 3. The zero-order valence-electron chi connectivity index (χ0n) is 15.8. The third kappa shape index (κ3) is 5.37. The molecule has 3 rings (SSSR count). The van der Waals surface area contributed by atoms with E-state index in [-0.39, 0.29) is 22.3 Å². The number of benzene rings is 2. The number of thioether (sulfide) groups is 1. The molecular formula is C19H19ClN4O3S2. The van der Waals surface area contributed by atoms with Crippen molar-refractivity contribution >= 4 is 44.8 Å². The first-order valence-corrected chi connectivity index (χ1v) is 11.6. The van der Waals surface area contributed by atoms with Gasteiger partial charge in [0.2, 0.25) is 5.91 Å². The van der Waals surface area contributed by atoms with Gasteiger partial charge in [-0.05, 0) is 31.2 Å². The lowest BCUT2D eigenvalue weighted by Gasteiger charge is -2.07. The highest BCUT2D eigenvalue weighted by atomic mass is 35.5. The van der Waals surface area contributed by atoms with Gasteiger partial charge in [-0.15, -0.1) is 10.2 Å². The molecule has 0 aliphatic rings. The van der Waals surface area contributed by atoms with E-state index >= 15 is 0 Å². The summed E-state index contributed by atoms with van der Waals surface area (Å²) in [6, 6.07) is 13.6. The Bertz CT molecular complexity index is 1130. The summed E-state index contributed by atoms with van der Waals surface area (Å²) in [5.74, 6) is -0.132. The lowest BCUT2D eigenvalue weighted by atomic mass is 10.2. The molecule has 2 aromatic carbocycles. The molecule has 7 nitrogen and oxygen atoms in total. The molecule has 0 radical (unpaired) electrons. The largest absolute Gasteiger partial charge is 0.324 e. The van der Waals surface area contributed by atoms with Gasteiger partial charge in [0, 0.05) is 7.05 Å². The number of rotatable bonds is 7. The van der Waals surface area contributed by atoms with Crippen LogP contribution in [0.15, 0.2) is 58.6 Å². The van der Waals surface area contributed by atoms with Crippen LogP contribution in [0.3, 0.4) is 0 Å². The Labute approximate surface area is 178 Å². The van der Waals surface area contributed by atoms with Crippen molar-refractivity contribution in [2.45, 2.75) is 22.7 Å². The summed E-state index contributed by atoms with van der Waals surface area (Å²) in [5.41, 5.74) is 1.51. The van der Waals surface area contributed by atoms with Crippen LogP contribution in [0.25, 0.3) is 0 Å². The van der Waals surface area contributed by atoms with E-state index in [9.17, 15) is 13.2 Å². The molecule has 0 saturated heterocycles. The molecule has 0 unspecified atom stereocenters. The minimum atomic E-state index is -3.54. The van der Waals surface area contributed by atoms with Gasteiger partial charge in [0.05, 0.1) is 21.4 Å². The fourth-order valence-electron chi connectivity index (χ4n) is 2.47. The molecule has 0 spiro atoms. The van der Waals surface area contributed by atoms with Crippen molar-refractivity contribution < 1.29 is 13.2 Å². The number of nitrogens with zero attached hydrogens (tertiary/aromatic N) is 3. The van der Waals surface area contributed by atoms with Gasteiger partial charge in [0.1, 0.15) is 11.6 Å². The van der Waals surface area contributed by atoms with Crippen LogP contribution in [0.4, 0.5) is 5.69 Å². The number of hydrogen-bond acceptors (Lipinski definition) is 6. The highest BCUT2D eigenvalue weighted by Crippen LogP contribution is 2.23. The Kier molecular flexibility index (Phi) is 6.61. The molecule has 0 saturated carbocycles. The van der Waals surface area contributed by atoms with E-state index in [4.69, 9.17) is 11.6 Å². The molecule has 1 N–H and O–H groups in total. The molecule has 1 heterocycles. The van der Waals surface area contributed by atoms with E-state index in [1.807, 2.05) is 6.92 Å². The number of sulfone groups is 1. The molecule has 0 atom stereocenters. The zero-order valence-corrected chi connectivity index (χ0v) is 18.2. The minimum absolute atomic E-state index is 0.0852. The number of anilines is 1. The smallest absolute Gasteiger partial charge is 0.234 e. The molecule has 0 aliphatic carbocycles. The van der Waals surface area contributed by atoms with Crippen LogP contribution >= 0.6 is 23.4 Å². The van der Waals surface area contributed by atoms with Crippen molar-refractivity contribution in [3.63, 3.8) is 0 Å². The zero-order chi connectivity index (χ0) is 21.0. The van der Waals surface area contributed by atoms with Gasteiger partial charge in [-0.3, -0.25) is 4.79 Å². The molecule has 29 heavy (non-hydrogen) atoms. The Balaban J connectivity index is 1.64. The van der Waals surface area contributed by atoms with Crippen molar-refractivity contribution in [2.24, 2.45) is 7.05 Å². The molecule has 152 valence electrons. The second-order valence-corrected chi connectivity index (χ2v) is 9.69. The first kappa shape index (κ1) is 21.4. The summed E-state index contributed by atoms with van der Waals surface area (Å²) < 4.78 is 26.8. The Hall–Kier alpha value is -2.36. The summed E-state index contributed by atoms with van der Waals surface area (Å²) in [5, 5.41) is 11.6. The third-order valence-electron chi connectivity index (χ3n) is 4.10. The molecule has 1 amide bonds. The van der Waals surface area contributed by atoms with Crippen LogP contribution in [0.2, 0.25) is 5.02 Å². The monoisotopic (exact) mass is 450 g/mol. The fourth-order valence-corrected chi connectivity index (χ4v) is 4.70. The third-order valence-corrected chi connectivity index (χ3v) is 7.08. The van der Waals surface area contributed by atoms with Crippen LogP contribution in [0.1, 0.15) is 11.4 Å². The standard InChI is InChI=1S/C19H19ClN4O3S2/c1-13-7-9-14(10-8-13)29(26,27)12-17-22-23-19(24(17)2)28-11-18(25)21-16-6-4-3-5-15(16)20/h3-10H,11-12H2,1-2H3,(H,21,25). The average Bonchev–Trinajstić information content (AvgIpc) is 3.01. The normalized spacial score (nSPS) is 11.4. The van der Waals surface area contributed by atoms with E-state index in [0.29, 0.717) is 21.7 Å². The molecule has 10 heteroatoms. The lowest BCUT2D eigenvalue weighted by Crippen LogP contribution is -2.15. The van der Waals surface area contributed by atoms with Crippen molar-refractivity contribution in [1.82, 2.24) is 14.8 Å². The number of amides is 1. The lowest BCUT2D eigenvalue weighted by molar-refractivity contribution is -0.113. The number of halogens is 1. The first-order chi connectivity index (χ1) is 13.8. The maximum absolute atomic E-state index is 12.6. The van der Waals surface area contributed by atoms with Crippen LogP contribution in [-0.2, 0) is 27.4 Å². The average molecular weight is 451 g/mol. The van der Waals surface area contributed by atoms with Gasteiger partial charge in [-0.25, -0.2) is 8.42 Å². The molecular weight excluding hydrogens is 432 g/mol. The van der Waals surface area contributed by atoms with Crippen LogP contribution < -0.4 is 5.32 Å². The Morgan fingerprint density at radius 3 is 2.52 bits per heavy atom. The number of carbonyl (C=O) groups is 1. The molecule has 0 aliphatic heterocycles. The van der Waals surface area contributed by atoms with Crippen molar-refractivity contribution in [1.29, 1.82) is 0 Å². The Morgan fingerprint density at radius 1 is 1.14 bits per heavy atom. The van der Waals surface area contributed by atoms with Crippen LogP contribution in [0, 0.1) is 6.92 Å². The highest BCUT2D eigenvalue weighted by Gasteiger charge is 2.20. The molecule has 3 aromatic rings. The van der Waals surface area contributed by atoms with E-state index in [0.717, 1.165) is 17.3 Å². The molecule has 0 fully saturated rings.